The van der Waals surface area contributed by atoms with Crippen molar-refractivity contribution >= 4 is 28.5 Å². The number of para-hydroxylation sites is 1. The van der Waals surface area contributed by atoms with Crippen molar-refractivity contribution in [2.24, 2.45) is 0 Å². The normalized spacial score (nSPS) is 11.4. The summed E-state index contributed by atoms with van der Waals surface area (Å²) in [5, 5.41) is 11.4. The number of hydrogen-bond acceptors (Lipinski definition) is 9. The van der Waals surface area contributed by atoms with E-state index in [1.165, 1.54) is 38.0 Å². The highest BCUT2D eigenvalue weighted by molar-refractivity contribution is 5.99. The third kappa shape index (κ3) is 6.91. The van der Waals surface area contributed by atoms with E-state index < -0.39 is 11.9 Å². The van der Waals surface area contributed by atoms with Gasteiger partial charge < -0.3 is 33.9 Å². The number of hydrogen-bond donors (Lipinski definition) is 1. The first kappa shape index (κ1) is 32.6. The molecule has 0 aliphatic rings. The van der Waals surface area contributed by atoms with Gasteiger partial charge in [-0.15, -0.1) is 5.10 Å². The van der Waals surface area contributed by atoms with Crippen molar-refractivity contribution in [3.8, 4) is 28.7 Å². The molecular weight excluding hydrogens is 602 g/mol. The maximum Gasteiger partial charge on any atom is 0.251 e. The van der Waals surface area contributed by atoms with E-state index in [2.05, 4.69) is 15.6 Å². The highest BCUT2D eigenvalue weighted by Crippen LogP contribution is 2.42. The maximum absolute atomic E-state index is 14.6. The number of ether oxygens (including phenoxy) is 5. The number of methoxy groups -OCH3 is 5. The summed E-state index contributed by atoms with van der Waals surface area (Å²) in [6.45, 7) is 1.89. The minimum Gasteiger partial charge on any atom is -0.497 e. The zero-order valence-electron chi connectivity index (χ0n) is 27.1. The molecule has 1 atom stereocenters. The smallest absolute Gasteiger partial charge is 0.251 e. The largest absolute Gasteiger partial charge is 0.497 e. The van der Waals surface area contributed by atoms with Gasteiger partial charge >= 0.3 is 0 Å². The van der Waals surface area contributed by atoms with Crippen molar-refractivity contribution in [2.75, 3.05) is 40.9 Å². The number of aryl methyl sites for hydroxylation is 1. The molecule has 0 radical (unpaired) electrons. The highest BCUT2D eigenvalue weighted by Gasteiger charge is 2.34. The molecule has 12 nitrogen and oxygen atoms in total. The molecule has 1 aromatic heterocycles. The van der Waals surface area contributed by atoms with Gasteiger partial charge in [0.05, 0.1) is 46.8 Å². The van der Waals surface area contributed by atoms with Crippen LogP contribution in [0.5, 0.6) is 28.7 Å². The van der Waals surface area contributed by atoms with Crippen LogP contribution in [0.2, 0.25) is 0 Å². The lowest BCUT2D eigenvalue weighted by Gasteiger charge is -2.32. The number of benzene rings is 4. The second-order valence-corrected chi connectivity index (χ2v) is 10.6. The molecular formula is C35H37N5O7. The van der Waals surface area contributed by atoms with Crippen LogP contribution in [0.3, 0.4) is 0 Å². The predicted octanol–water partition coefficient (Wildman–Crippen LogP) is 5.19. The Morgan fingerprint density at radius 1 is 0.809 bits per heavy atom. The summed E-state index contributed by atoms with van der Waals surface area (Å²) < 4.78 is 29.3. The second-order valence-electron chi connectivity index (χ2n) is 10.6. The molecule has 4 aromatic carbocycles. The highest BCUT2D eigenvalue weighted by atomic mass is 16.5. The van der Waals surface area contributed by atoms with Crippen LogP contribution < -0.4 is 29.0 Å². The minimum absolute atomic E-state index is 0.104. The molecule has 5 aromatic rings. The Labute approximate surface area is 272 Å². The SMILES string of the molecule is COc1ccc(NC(=O)C(c2cc(OC)c(OC)c(OC)c2)N(Cc2ccccc2C)C(=O)Cn2nnc3ccccc32)c(OC)c1. The first-order valence-electron chi connectivity index (χ1n) is 14.8. The lowest BCUT2D eigenvalue weighted by Crippen LogP contribution is -2.42. The molecule has 1 N–H and O–H groups in total. The summed E-state index contributed by atoms with van der Waals surface area (Å²) >= 11 is 0. The fourth-order valence-corrected chi connectivity index (χ4v) is 5.38. The van der Waals surface area contributed by atoms with Crippen molar-refractivity contribution in [3.05, 3.63) is 95.6 Å². The van der Waals surface area contributed by atoms with Gasteiger partial charge in [0.15, 0.2) is 11.5 Å². The first-order chi connectivity index (χ1) is 22.8. The Morgan fingerprint density at radius 2 is 1.49 bits per heavy atom. The van der Waals surface area contributed by atoms with Crippen LogP contribution in [0, 0.1) is 6.92 Å². The third-order valence-electron chi connectivity index (χ3n) is 7.86. The molecule has 0 bridgehead atoms. The van der Waals surface area contributed by atoms with Crippen LogP contribution in [-0.2, 0) is 22.7 Å². The van der Waals surface area contributed by atoms with E-state index in [-0.39, 0.29) is 19.0 Å². The summed E-state index contributed by atoms with van der Waals surface area (Å²) in [6.07, 6.45) is 0. The van der Waals surface area contributed by atoms with Crippen molar-refractivity contribution in [2.45, 2.75) is 26.1 Å². The fourth-order valence-electron chi connectivity index (χ4n) is 5.38. The molecule has 1 unspecified atom stereocenters. The molecule has 0 aliphatic heterocycles. The van der Waals surface area contributed by atoms with Gasteiger partial charge in [-0.2, -0.15) is 0 Å². The molecule has 0 aliphatic carbocycles. The number of aromatic nitrogens is 3. The van der Waals surface area contributed by atoms with Crippen LogP contribution in [0.15, 0.2) is 78.9 Å². The maximum atomic E-state index is 14.6. The Balaban J connectivity index is 1.67. The Hall–Kier alpha value is -5.78. The van der Waals surface area contributed by atoms with E-state index in [9.17, 15) is 9.59 Å². The lowest BCUT2D eigenvalue weighted by atomic mass is 10.00. The lowest BCUT2D eigenvalue weighted by molar-refractivity contribution is -0.140. The van der Waals surface area contributed by atoms with Gasteiger partial charge in [0.25, 0.3) is 5.91 Å². The van der Waals surface area contributed by atoms with Crippen LogP contribution in [0.1, 0.15) is 22.7 Å². The van der Waals surface area contributed by atoms with Crippen LogP contribution in [0.25, 0.3) is 11.0 Å². The molecule has 244 valence electrons. The Kier molecular flexibility index (Phi) is 10.1. The second kappa shape index (κ2) is 14.5. The average Bonchev–Trinajstić information content (AvgIpc) is 3.50. The number of carbonyl (C=O) groups is 2. The number of carbonyl (C=O) groups excluding carboxylic acids is 2. The zero-order chi connectivity index (χ0) is 33.5. The standard InChI is InChI=1S/C35H37N5O7/c1-22-11-7-8-12-23(22)20-39(32(41)21-40-28-14-10-9-13-26(28)37-38-40)33(24-17-30(45-4)34(47-6)31(18-24)46-5)35(42)36-27-16-15-25(43-2)19-29(27)44-3/h7-19,33H,20-21H2,1-6H3,(H,36,42). The third-order valence-corrected chi connectivity index (χ3v) is 7.86. The van der Waals surface area contributed by atoms with Gasteiger partial charge in [0, 0.05) is 12.6 Å². The number of anilines is 1. The number of nitrogens with zero attached hydrogens (tertiary/aromatic N) is 4. The van der Waals surface area contributed by atoms with E-state index in [4.69, 9.17) is 23.7 Å². The molecule has 47 heavy (non-hydrogen) atoms. The van der Waals surface area contributed by atoms with Crippen molar-refractivity contribution in [1.82, 2.24) is 19.9 Å². The van der Waals surface area contributed by atoms with Gasteiger partial charge in [0.2, 0.25) is 11.7 Å². The fraction of sp³-hybridized carbons (Fsp3) is 0.257. The molecule has 0 spiro atoms. The molecule has 0 saturated heterocycles. The molecule has 0 fully saturated rings. The van der Waals surface area contributed by atoms with Crippen molar-refractivity contribution in [3.63, 3.8) is 0 Å². The van der Waals surface area contributed by atoms with Crippen molar-refractivity contribution in [1.29, 1.82) is 0 Å². The average molecular weight is 640 g/mol. The van der Waals surface area contributed by atoms with E-state index in [1.807, 2.05) is 55.5 Å². The molecule has 5 rings (SSSR count). The topological polar surface area (TPSA) is 126 Å². The number of rotatable bonds is 13. The predicted molar refractivity (Wildman–Crippen MR) is 176 cm³/mol. The summed E-state index contributed by atoms with van der Waals surface area (Å²) in [6, 6.07) is 22.3. The van der Waals surface area contributed by atoms with E-state index in [0.29, 0.717) is 51.0 Å². The van der Waals surface area contributed by atoms with Crippen LogP contribution in [-0.4, -0.2) is 67.3 Å². The zero-order valence-corrected chi connectivity index (χ0v) is 27.1. The molecule has 2 amide bonds. The van der Waals surface area contributed by atoms with Gasteiger partial charge in [-0.1, -0.05) is 41.6 Å². The number of amides is 2. The van der Waals surface area contributed by atoms with Gasteiger partial charge in [-0.05, 0) is 60.0 Å². The van der Waals surface area contributed by atoms with E-state index >= 15 is 0 Å². The van der Waals surface area contributed by atoms with E-state index in [0.717, 1.165) is 11.1 Å². The summed E-state index contributed by atoms with van der Waals surface area (Å²) in [7, 11) is 7.52. The van der Waals surface area contributed by atoms with Gasteiger partial charge in [-0.25, -0.2) is 4.68 Å². The Morgan fingerprint density at radius 3 is 2.15 bits per heavy atom. The van der Waals surface area contributed by atoms with Crippen LogP contribution in [0.4, 0.5) is 5.69 Å². The van der Waals surface area contributed by atoms with Crippen LogP contribution >= 0.6 is 0 Å². The number of nitrogens with one attached hydrogen (secondary N) is 1. The molecule has 1 heterocycles. The van der Waals surface area contributed by atoms with Gasteiger partial charge in [0.1, 0.15) is 29.6 Å². The van der Waals surface area contributed by atoms with Gasteiger partial charge in [-0.3, -0.25) is 9.59 Å². The number of fused-ring (bicyclic) bond motifs is 1. The Bertz CT molecular complexity index is 1860. The minimum atomic E-state index is -1.18. The summed E-state index contributed by atoms with van der Waals surface area (Å²) in [5.41, 5.74) is 3.97. The monoisotopic (exact) mass is 639 g/mol. The summed E-state index contributed by atoms with van der Waals surface area (Å²) in [4.78, 5) is 30.6. The van der Waals surface area contributed by atoms with E-state index in [1.54, 1.807) is 37.4 Å². The summed E-state index contributed by atoms with van der Waals surface area (Å²) in [5.74, 6) is 1.05. The first-order valence-corrected chi connectivity index (χ1v) is 14.8. The van der Waals surface area contributed by atoms with Crippen molar-refractivity contribution < 1.29 is 33.3 Å². The molecule has 12 heteroatoms. The molecule has 0 saturated carbocycles. The quantitative estimate of drug-likeness (QED) is 0.185.